The summed E-state index contributed by atoms with van der Waals surface area (Å²) in [5.74, 6) is -0.149. The molecule has 1 aliphatic heterocycles. The lowest BCUT2D eigenvalue weighted by Crippen LogP contribution is -2.37. The van der Waals surface area contributed by atoms with Gasteiger partial charge in [0.05, 0.1) is 35.2 Å². The van der Waals surface area contributed by atoms with E-state index >= 15 is 0 Å². The third-order valence-electron chi connectivity index (χ3n) is 5.90. The van der Waals surface area contributed by atoms with Gasteiger partial charge in [-0.15, -0.1) is 11.8 Å². The van der Waals surface area contributed by atoms with Crippen LogP contribution in [-0.4, -0.2) is 50.0 Å². The SMILES string of the molecule is CSc1ccc2cc(CN(C[C@H]3CCCO3)C(=O)c3cnsn3)c(-c3ccc(Cl)cc3)nc2c1. The maximum atomic E-state index is 13.4. The second kappa shape index (κ2) is 10.4. The topological polar surface area (TPSA) is 68.2 Å². The number of fused-ring (bicyclic) bond motifs is 1. The van der Waals surface area contributed by atoms with Crippen LogP contribution in [0.3, 0.4) is 0 Å². The lowest BCUT2D eigenvalue weighted by Gasteiger charge is -2.26. The number of benzene rings is 2. The summed E-state index contributed by atoms with van der Waals surface area (Å²) in [4.78, 5) is 21.4. The summed E-state index contributed by atoms with van der Waals surface area (Å²) in [6, 6.07) is 16.1. The van der Waals surface area contributed by atoms with Gasteiger partial charge in [0.25, 0.3) is 5.91 Å². The van der Waals surface area contributed by atoms with E-state index < -0.39 is 0 Å². The Morgan fingerprint density at radius 2 is 2.09 bits per heavy atom. The van der Waals surface area contributed by atoms with Gasteiger partial charge in [-0.3, -0.25) is 4.79 Å². The van der Waals surface area contributed by atoms with Gasteiger partial charge in [0.2, 0.25) is 0 Å². The molecular weight excluding hydrogens is 488 g/mol. The van der Waals surface area contributed by atoms with Crippen molar-refractivity contribution in [2.45, 2.75) is 30.4 Å². The number of pyridine rings is 1. The first-order valence-corrected chi connectivity index (χ1v) is 13.4. The smallest absolute Gasteiger partial charge is 0.275 e. The molecule has 3 heterocycles. The van der Waals surface area contributed by atoms with Gasteiger partial charge in [-0.05, 0) is 55.0 Å². The molecule has 34 heavy (non-hydrogen) atoms. The van der Waals surface area contributed by atoms with Crippen LogP contribution in [0.15, 0.2) is 59.6 Å². The van der Waals surface area contributed by atoms with E-state index in [1.165, 1.54) is 6.20 Å². The maximum absolute atomic E-state index is 13.4. The zero-order chi connectivity index (χ0) is 23.5. The van der Waals surface area contributed by atoms with E-state index in [2.05, 4.69) is 39.3 Å². The van der Waals surface area contributed by atoms with Crippen molar-refractivity contribution in [2.24, 2.45) is 0 Å². The molecule has 5 rings (SSSR count). The number of hydrogen-bond acceptors (Lipinski definition) is 7. The zero-order valence-electron chi connectivity index (χ0n) is 18.6. The van der Waals surface area contributed by atoms with Crippen LogP contribution in [0.2, 0.25) is 5.02 Å². The Morgan fingerprint density at radius 3 is 2.79 bits per heavy atom. The number of ether oxygens (including phenoxy) is 1. The van der Waals surface area contributed by atoms with E-state index in [1.807, 2.05) is 29.2 Å². The number of halogens is 1. The summed E-state index contributed by atoms with van der Waals surface area (Å²) >= 11 is 8.87. The van der Waals surface area contributed by atoms with Crippen molar-refractivity contribution in [3.63, 3.8) is 0 Å². The summed E-state index contributed by atoms with van der Waals surface area (Å²) in [5.41, 5.74) is 4.02. The van der Waals surface area contributed by atoms with Crippen molar-refractivity contribution in [1.29, 1.82) is 0 Å². The van der Waals surface area contributed by atoms with Crippen LogP contribution in [-0.2, 0) is 11.3 Å². The molecule has 0 radical (unpaired) electrons. The molecule has 1 fully saturated rings. The molecule has 9 heteroatoms. The van der Waals surface area contributed by atoms with Crippen LogP contribution < -0.4 is 0 Å². The largest absolute Gasteiger partial charge is 0.376 e. The van der Waals surface area contributed by atoms with Crippen molar-refractivity contribution in [2.75, 3.05) is 19.4 Å². The first-order chi connectivity index (χ1) is 16.6. The highest BCUT2D eigenvalue weighted by Crippen LogP contribution is 2.30. The normalized spacial score (nSPS) is 15.6. The number of carbonyl (C=O) groups excluding carboxylic acids is 1. The summed E-state index contributed by atoms with van der Waals surface area (Å²) in [7, 11) is 0. The van der Waals surface area contributed by atoms with Gasteiger partial charge < -0.3 is 9.64 Å². The molecule has 2 aromatic heterocycles. The van der Waals surface area contributed by atoms with Crippen molar-refractivity contribution in [3.8, 4) is 11.3 Å². The minimum absolute atomic E-state index is 0.0204. The molecule has 0 N–H and O–H groups in total. The highest BCUT2D eigenvalue weighted by atomic mass is 35.5. The molecule has 0 unspecified atom stereocenters. The van der Waals surface area contributed by atoms with Gasteiger partial charge in [0.1, 0.15) is 0 Å². The van der Waals surface area contributed by atoms with Gasteiger partial charge in [-0.1, -0.05) is 29.8 Å². The lowest BCUT2D eigenvalue weighted by molar-refractivity contribution is 0.0504. The van der Waals surface area contributed by atoms with Crippen LogP contribution >= 0.6 is 35.1 Å². The van der Waals surface area contributed by atoms with Crippen molar-refractivity contribution >= 4 is 51.9 Å². The van der Waals surface area contributed by atoms with Crippen LogP contribution in [0, 0.1) is 0 Å². The highest BCUT2D eigenvalue weighted by molar-refractivity contribution is 7.98. The third kappa shape index (κ3) is 5.10. The molecule has 4 aromatic rings. The van der Waals surface area contributed by atoms with Crippen LogP contribution in [0.25, 0.3) is 22.2 Å². The summed E-state index contributed by atoms with van der Waals surface area (Å²) in [6.07, 6.45) is 5.55. The number of thioether (sulfide) groups is 1. The Balaban J connectivity index is 1.58. The monoisotopic (exact) mass is 510 g/mol. The Morgan fingerprint density at radius 1 is 1.24 bits per heavy atom. The van der Waals surface area contributed by atoms with Crippen LogP contribution in [0.5, 0.6) is 0 Å². The molecule has 1 saturated heterocycles. The molecule has 0 spiro atoms. The number of hydrogen-bond donors (Lipinski definition) is 0. The molecule has 1 aliphatic rings. The minimum atomic E-state index is -0.149. The fourth-order valence-electron chi connectivity index (χ4n) is 4.18. The van der Waals surface area contributed by atoms with Crippen molar-refractivity contribution in [1.82, 2.24) is 18.6 Å². The number of amides is 1. The van der Waals surface area contributed by atoms with Crippen LogP contribution in [0.4, 0.5) is 0 Å². The minimum Gasteiger partial charge on any atom is -0.376 e. The molecule has 1 atom stereocenters. The first kappa shape index (κ1) is 23.2. The summed E-state index contributed by atoms with van der Waals surface area (Å²) in [5, 5.41) is 1.70. The fraction of sp³-hybridized carbons (Fsp3) is 0.280. The van der Waals surface area contributed by atoms with E-state index in [1.54, 1.807) is 11.8 Å². The Labute approximate surface area is 211 Å². The molecule has 174 valence electrons. The van der Waals surface area contributed by atoms with Gasteiger partial charge in [0.15, 0.2) is 5.69 Å². The van der Waals surface area contributed by atoms with E-state index in [-0.39, 0.29) is 12.0 Å². The molecule has 6 nitrogen and oxygen atoms in total. The van der Waals surface area contributed by atoms with E-state index in [0.29, 0.717) is 23.8 Å². The molecule has 0 aliphatic carbocycles. The second-order valence-corrected chi connectivity index (χ2v) is 10.0. The summed E-state index contributed by atoms with van der Waals surface area (Å²) < 4.78 is 14.1. The number of rotatable bonds is 7. The average Bonchev–Trinajstić information content (AvgIpc) is 3.58. The lowest BCUT2D eigenvalue weighted by atomic mass is 10.0. The Kier molecular flexibility index (Phi) is 7.10. The second-order valence-electron chi connectivity index (χ2n) is 8.18. The molecule has 0 saturated carbocycles. The molecule has 2 aromatic carbocycles. The highest BCUT2D eigenvalue weighted by Gasteiger charge is 2.26. The first-order valence-electron chi connectivity index (χ1n) is 11.0. The predicted octanol–water partition coefficient (Wildman–Crippen LogP) is 5.95. The number of aromatic nitrogens is 3. The molecule has 1 amide bonds. The predicted molar refractivity (Wildman–Crippen MR) is 138 cm³/mol. The number of nitrogens with zero attached hydrogens (tertiary/aromatic N) is 4. The molecule has 0 bridgehead atoms. The van der Waals surface area contributed by atoms with Crippen molar-refractivity contribution < 1.29 is 9.53 Å². The van der Waals surface area contributed by atoms with Crippen molar-refractivity contribution in [3.05, 3.63) is 71.0 Å². The Bertz CT molecular complexity index is 1290. The molecular formula is C25H23ClN4O2S2. The van der Waals surface area contributed by atoms with E-state index in [9.17, 15) is 4.79 Å². The van der Waals surface area contributed by atoms with Gasteiger partial charge in [0, 0.05) is 40.6 Å². The maximum Gasteiger partial charge on any atom is 0.275 e. The van der Waals surface area contributed by atoms with Gasteiger partial charge >= 0.3 is 0 Å². The van der Waals surface area contributed by atoms with E-state index in [4.69, 9.17) is 21.3 Å². The van der Waals surface area contributed by atoms with Crippen LogP contribution in [0.1, 0.15) is 28.9 Å². The van der Waals surface area contributed by atoms with E-state index in [0.717, 1.165) is 63.8 Å². The Hall–Kier alpha value is -2.52. The van der Waals surface area contributed by atoms with Gasteiger partial charge in [-0.2, -0.15) is 8.75 Å². The quantitative estimate of drug-likeness (QED) is 0.286. The third-order valence-corrected chi connectivity index (χ3v) is 7.35. The summed E-state index contributed by atoms with van der Waals surface area (Å²) in [6.45, 7) is 1.62. The standard InChI is InChI=1S/C25H23ClN4O2S2/c1-33-21-9-6-17-11-18(24(28-22(17)12-21)16-4-7-19(26)8-5-16)14-30(15-20-3-2-10-32-20)25(31)23-13-27-34-29-23/h4-9,11-13,20H,2-3,10,14-15H2,1H3/t20-/m1/s1. The zero-order valence-corrected chi connectivity index (χ0v) is 21.0. The number of carbonyl (C=O) groups is 1. The average molecular weight is 511 g/mol. The fourth-order valence-corrected chi connectivity index (χ4v) is 5.14. The van der Waals surface area contributed by atoms with Gasteiger partial charge in [-0.25, -0.2) is 4.98 Å².